The second-order valence-electron chi connectivity index (χ2n) is 11.0. The summed E-state index contributed by atoms with van der Waals surface area (Å²) in [5.74, 6) is 1.17. The maximum absolute atomic E-state index is 12.7. The SMILES string of the molecule is O=[N+]([O-])c1cn2c(n1)OC(COc1ccc(C3=CCN(Cc4ccc(OCc5ccc(C(F)(F)F)cc5)cc4)CC3)cc1)CC2. The third-order valence-corrected chi connectivity index (χ3v) is 7.85. The quantitative estimate of drug-likeness (QED) is 0.141. The molecule has 0 fully saturated rings. The van der Waals surface area contributed by atoms with Crippen LogP contribution in [0.3, 0.4) is 0 Å². The van der Waals surface area contributed by atoms with Crippen molar-refractivity contribution in [2.45, 2.75) is 44.8 Å². The van der Waals surface area contributed by atoms with Crippen LogP contribution in [0.1, 0.15) is 35.1 Å². The number of fused-ring (bicyclic) bond motifs is 1. The third kappa shape index (κ3) is 7.63. The lowest BCUT2D eigenvalue weighted by atomic mass is 9.99. The Morgan fingerprint density at radius 2 is 1.62 bits per heavy atom. The Bertz CT molecular complexity index is 1650. The molecule has 4 aromatic rings. The van der Waals surface area contributed by atoms with Gasteiger partial charge in [0.25, 0.3) is 0 Å². The van der Waals surface area contributed by atoms with Crippen molar-refractivity contribution in [3.63, 3.8) is 0 Å². The number of nitrogens with zero attached hydrogens (tertiary/aromatic N) is 4. The minimum atomic E-state index is -4.35. The highest BCUT2D eigenvalue weighted by Crippen LogP contribution is 2.30. The zero-order valence-electron chi connectivity index (χ0n) is 24.3. The maximum atomic E-state index is 12.7. The largest absolute Gasteiger partial charge is 0.490 e. The monoisotopic (exact) mass is 620 g/mol. The summed E-state index contributed by atoms with van der Waals surface area (Å²) in [5, 5.41) is 11.0. The van der Waals surface area contributed by atoms with Gasteiger partial charge in [0.15, 0.2) is 0 Å². The van der Waals surface area contributed by atoms with Crippen LogP contribution in [0.5, 0.6) is 17.5 Å². The second kappa shape index (κ2) is 13.0. The molecule has 45 heavy (non-hydrogen) atoms. The summed E-state index contributed by atoms with van der Waals surface area (Å²) in [6.07, 6.45) is 0.646. The Kier molecular flexibility index (Phi) is 8.74. The summed E-state index contributed by atoms with van der Waals surface area (Å²) < 4.78 is 57.3. The summed E-state index contributed by atoms with van der Waals surface area (Å²) in [6.45, 7) is 3.65. The van der Waals surface area contributed by atoms with E-state index in [1.54, 1.807) is 4.57 Å². The van der Waals surface area contributed by atoms with E-state index in [9.17, 15) is 23.3 Å². The summed E-state index contributed by atoms with van der Waals surface area (Å²) in [4.78, 5) is 16.7. The van der Waals surface area contributed by atoms with Crippen LogP contribution >= 0.6 is 0 Å². The van der Waals surface area contributed by atoms with Crippen LogP contribution in [0.25, 0.3) is 5.57 Å². The Labute approximate surface area is 257 Å². The summed E-state index contributed by atoms with van der Waals surface area (Å²) in [6, 6.07) is 21.0. The van der Waals surface area contributed by atoms with Gasteiger partial charge in [-0.1, -0.05) is 42.5 Å². The van der Waals surface area contributed by atoms with E-state index < -0.39 is 16.7 Å². The number of benzene rings is 3. The number of aryl methyl sites for hydroxylation is 1. The lowest BCUT2D eigenvalue weighted by Gasteiger charge is -2.26. The molecular weight excluding hydrogens is 589 g/mol. The predicted octanol–water partition coefficient (Wildman–Crippen LogP) is 6.91. The Hall–Kier alpha value is -4.84. The van der Waals surface area contributed by atoms with E-state index in [-0.39, 0.29) is 24.5 Å². The molecule has 1 unspecified atom stereocenters. The first-order valence-corrected chi connectivity index (χ1v) is 14.6. The average Bonchev–Trinajstić information content (AvgIpc) is 3.48. The van der Waals surface area contributed by atoms with Crippen LogP contribution in [-0.4, -0.2) is 45.2 Å². The fourth-order valence-corrected chi connectivity index (χ4v) is 5.31. The predicted molar refractivity (Wildman–Crippen MR) is 160 cm³/mol. The smallest absolute Gasteiger partial charge is 0.416 e. The van der Waals surface area contributed by atoms with E-state index in [0.717, 1.165) is 55.1 Å². The van der Waals surface area contributed by atoms with Gasteiger partial charge in [0, 0.05) is 37.6 Å². The van der Waals surface area contributed by atoms with Gasteiger partial charge in [-0.25, -0.2) is 0 Å². The zero-order valence-corrected chi connectivity index (χ0v) is 24.3. The van der Waals surface area contributed by atoms with E-state index in [1.165, 1.54) is 23.9 Å². The van der Waals surface area contributed by atoms with Crippen LogP contribution in [0, 0.1) is 10.1 Å². The van der Waals surface area contributed by atoms with Gasteiger partial charge >= 0.3 is 18.0 Å². The molecule has 0 bridgehead atoms. The van der Waals surface area contributed by atoms with Crippen LogP contribution in [0.4, 0.5) is 19.0 Å². The summed E-state index contributed by atoms with van der Waals surface area (Å²) in [5.41, 5.74) is 3.59. The molecule has 6 rings (SSSR count). The lowest BCUT2D eigenvalue weighted by Crippen LogP contribution is -2.31. The van der Waals surface area contributed by atoms with Gasteiger partial charge < -0.3 is 24.3 Å². The molecule has 0 radical (unpaired) electrons. The van der Waals surface area contributed by atoms with Crippen LogP contribution in [0.15, 0.2) is 85.1 Å². The number of rotatable bonds is 10. The molecule has 1 aromatic heterocycles. The number of hydrogen-bond donors (Lipinski definition) is 0. The molecule has 2 aliphatic heterocycles. The minimum absolute atomic E-state index is 0.195. The second-order valence-corrected chi connectivity index (χ2v) is 11.0. The highest BCUT2D eigenvalue weighted by Gasteiger charge is 2.30. The number of alkyl halides is 3. The standard InChI is InChI=1S/C33H31F3N4O5/c34-33(35,36)27-7-1-24(2-8-27)21-43-28-9-3-23(4-10-28)19-38-16-13-26(14-17-38)25-5-11-29(12-6-25)44-22-30-15-18-39-20-31(40(41)42)37-32(39)45-30/h1-13,20,30H,14-19,21-22H2. The van der Waals surface area contributed by atoms with Crippen molar-refractivity contribution >= 4 is 11.4 Å². The molecule has 3 heterocycles. The molecule has 0 aliphatic carbocycles. The maximum Gasteiger partial charge on any atom is 0.416 e. The summed E-state index contributed by atoms with van der Waals surface area (Å²) >= 11 is 0. The molecular formula is C33H31F3N4O5. The normalized spacial score (nSPS) is 16.8. The molecule has 0 spiro atoms. The van der Waals surface area contributed by atoms with Crippen molar-refractivity contribution in [1.29, 1.82) is 0 Å². The Morgan fingerprint density at radius 3 is 2.29 bits per heavy atom. The fourth-order valence-electron chi connectivity index (χ4n) is 5.31. The molecule has 0 saturated heterocycles. The van der Waals surface area contributed by atoms with Crippen LogP contribution in [0.2, 0.25) is 0 Å². The molecule has 2 aliphatic rings. The fraction of sp³-hybridized carbons (Fsp3) is 0.303. The van der Waals surface area contributed by atoms with Gasteiger partial charge in [-0.2, -0.15) is 13.2 Å². The van der Waals surface area contributed by atoms with Crippen molar-refractivity contribution in [2.75, 3.05) is 19.7 Å². The summed E-state index contributed by atoms with van der Waals surface area (Å²) in [7, 11) is 0. The molecule has 3 aromatic carbocycles. The Morgan fingerprint density at radius 1 is 0.933 bits per heavy atom. The highest BCUT2D eigenvalue weighted by molar-refractivity contribution is 5.67. The van der Waals surface area contributed by atoms with Crippen molar-refractivity contribution in [3.8, 4) is 17.5 Å². The number of hydrogen-bond acceptors (Lipinski definition) is 7. The van der Waals surface area contributed by atoms with Crippen molar-refractivity contribution in [2.24, 2.45) is 0 Å². The van der Waals surface area contributed by atoms with Gasteiger partial charge in [0.1, 0.15) is 37.0 Å². The minimum Gasteiger partial charge on any atom is -0.490 e. The number of ether oxygens (including phenoxy) is 3. The molecule has 0 amide bonds. The van der Waals surface area contributed by atoms with Crippen molar-refractivity contribution < 1.29 is 32.3 Å². The van der Waals surface area contributed by atoms with Crippen molar-refractivity contribution in [3.05, 3.63) is 117 Å². The Balaban J connectivity index is 0.940. The van der Waals surface area contributed by atoms with E-state index in [1.807, 2.05) is 36.4 Å². The number of aromatic nitrogens is 2. The molecule has 0 N–H and O–H groups in total. The number of nitro groups is 1. The molecule has 234 valence electrons. The molecule has 0 saturated carbocycles. The topological polar surface area (TPSA) is 91.9 Å². The van der Waals surface area contributed by atoms with Gasteiger partial charge in [0.2, 0.25) is 0 Å². The first-order valence-electron chi connectivity index (χ1n) is 14.6. The molecule has 12 heteroatoms. The number of halogens is 3. The van der Waals surface area contributed by atoms with E-state index in [0.29, 0.717) is 30.9 Å². The van der Waals surface area contributed by atoms with E-state index >= 15 is 0 Å². The first-order chi connectivity index (χ1) is 21.7. The van der Waals surface area contributed by atoms with Crippen LogP contribution < -0.4 is 14.2 Å². The molecule has 1 atom stereocenters. The van der Waals surface area contributed by atoms with Crippen LogP contribution in [-0.2, 0) is 25.9 Å². The van der Waals surface area contributed by atoms with Gasteiger partial charge in [-0.15, -0.1) is 0 Å². The molecule has 9 nitrogen and oxygen atoms in total. The van der Waals surface area contributed by atoms with E-state index in [4.69, 9.17) is 14.2 Å². The average molecular weight is 621 g/mol. The highest BCUT2D eigenvalue weighted by atomic mass is 19.4. The zero-order chi connectivity index (χ0) is 31.4. The van der Waals surface area contributed by atoms with Gasteiger partial charge in [-0.3, -0.25) is 9.47 Å². The van der Waals surface area contributed by atoms with E-state index in [2.05, 4.69) is 28.1 Å². The van der Waals surface area contributed by atoms with Gasteiger partial charge in [0.05, 0.1) is 5.56 Å². The lowest BCUT2D eigenvalue weighted by molar-refractivity contribution is -0.389. The number of imidazole rings is 1. The van der Waals surface area contributed by atoms with Gasteiger partial charge in [-0.05, 0) is 70.0 Å². The first kappa shape index (κ1) is 30.2. The third-order valence-electron chi connectivity index (χ3n) is 7.85. The van der Waals surface area contributed by atoms with Crippen molar-refractivity contribution in [1.82, 2.24) is 14.5 Å².